The minimum absolute atomic E-state index is 0.0376. The summed E-state index contributed by atoms with van der Waals surface area (Å²) < 4.78 is 5.10. The first-order chi connectivity index (χ1) is 8.41. The van der Waals surface area contributed by atoms with Crippen molar-refractivity contribution in [2.24, 2.45) is 0 Å². The van der Waals surface area contributed by atoms with Crippen LogP contribution in [0.3, 0.4) is 0 Å². The Labute approximate surface area is 108 Å². The Morgan fingerprint density at radius 1 is 1.33 bits per heavy atom. The van der Waals surface area contributed by atoms with Crippen LogP contribution in [0.4, 0.5) is 0 Å². The first kappa shape index (κ1) is 14.7. The van der Waals surface area contributed by atoms with Crippen molar-refractivity contribution in [3.8, 4) is 0 Å². The summed E-state index contributed by atoms with van der Waals surface area (Å²) >= 11 is 0. The summed E-state index contributed by atoms with van der Waals surface area (Å²) in [5.41, 5.74) is 1.81. The van der Waals surface area contributed by atoms with E-state index in [9.17, 15) is 4.79 Å². The molecule has 0 aromatic carbocycles. The molecule has 1 heterocycles. The first-order valence-electron chi connectivity index (χ1n) is 6.37. The lowest BCUT2D eigenvalue weighted by atomic mass is 10.1. The molecule has 0 radical (unpaired) electrons. The molecule has 1 unspecified atom stereocenters. The highest BCUT2D eigenvalue weighted by molar-refractivity contribution is 5.76. The van der Waals surface area contributed by atoms with Crippen LogP contribution in [0.15, 0.2) is 4.52 Å². The predicted molar refractivity (Wildman–Crippen MR) is 70.3 cm³/mol. The summed E-state index contributed by atoms with van der Waals surface area (Å²) in [6, 6.07) is 0.334. The maximum atomic E-state index is 11.8. The molecule has 1 aromatic heterocycles. The second kappa shape index (κ2) is 6.54. The van der Waals surface area contributed by atoms with E-state index in [1.807, 2.05) is 20.8 Å². The third kappa shape index (κ3) is 4.14. The normalized spacial score (nSPS) is 12.8. The predicted octanol–water partition coefficient (Wildman–Crippen LogP) is 1.86. The Hall–Kier alpha value is -1.36. The fraction of sp³-hybridized carbons (Fsp3) is 0.692. The van der Waals surface area contributed by atoms with E-state index < -0.39 is 0 Å². The molecule has 0 bridgehead atoms. The van der Waals surface area contributed by atoms with E-state index in [4.69, 9.17) is 4.52 Å². The van der Waals surface area contributed by atoms with Gasteiger partial charge >= 0.3 is 0 Å². The van der Waals surface area contributed by atoms with E-state index >= 15 is 0 Å². The van der Waals surface area contributed by atoms with Gasteiger partial charge in [0.05, 0.1) is 11.7 Å². The number of hydrogen-bond acceptors (Lipinski definition) is 4. The number of amides is 1. The molecule has 1 aromatic rings. The van der Waals surface area contributed by atoms with E-state index in [0.29, 0.717) is 19.0 Å². The van der Waals surface area contributed by atoms with Crippen LogP contribution in [0.25, 0.3) is 0 Å². The Bertz CT molecular complexity index is 379. The number of aromatic nitrogens is 1. The first-order valence-corrected chi connectivity index (χ1v) is 6.37. The zero-order valence-corrected chi connectivity index (χ0v) is 11.8. The lowest BCUT2D eigenvalue weighted by Crippen LogP contribution is -2.32. The van der Waals surface area contributed by atoms with Crippen LogP contribution < -0.4 is 10.6 Å². The van der Waals surface area contributed by atoms with E-state index in [0.717, 1.165) is 17.0 Å². The van der Waals surface area contributed by atoms with Crippen LogP contribution >= 0.6 is 0 Å². The van der Waals surface area contributed by atoms with Gasteiger partial charge in [-0.3, -0.25) is 4.79 Å². The molecule has 102 valence electrons. The van der Waals surface area contributed by atoms with Gasteiger partial charge in [-0.2, -0.15) is 0 Å². The molecule has 2 N–H and O–H groups in total. The zero-order chi connectivity index (χ0) is 13.7. The maximum Gasteiger partial charge on any atom is 0.221 e. The van der Waals surface area contributed by atoms with Crippen LogP contribution in [0.2, 0.25) is 0 Å². The second-order valence-electron chi connectivity index (χ2n) is 4.89. The van der Waals surface area contributed by atoms with Gasteiger partial charge in [0.15, 0.2) is 0 Å². The number of carbonyl (C=O) groups is 1. The van der Waals surface area contributed by atoms with Crippen molar-refractivity contribution in [3.63, 3.8) is 0 Å². The standard InChI is InChI=1S/C13H23N3O2/c1-8(2)14-7-6-12(17)15-9(3)13-10(4)16-18-11(13)5/h8-9,14H,6-7H2,1-5H3,(H,15,17). The van der Waals surface area contributed by atoms with Crippen molar-refractivity contribution in [1.82, 2.24) is 15.8 Å². The quantitative estimate of drug-likeness (QED) is 0.812. The van der Waals surface area contributed by atoms with Gasteiger partial charge in [0.1, 0.15) is 5.76 Å². The largest absolute Gasteiger partial charge is 0.361 e. The number of nitrogens with one attached hydrogen (secondary N) is 2. The van der Waals surface area contributed by atoms with Crippen molar-refractivity contribution >= 4 is 5.91 Å². The van der Waals surface area contributed by atoms with Gasteiger partial charge in [-0.25, -0.2) is 0 Å². The third-order valence-corrected chi connectivity index (χ3v) is 2.80. The average molecular weight is 253 g/mol. The molecule has 5 heteroatoms. The van der Waals surface area contributed by atoms with Gasteiger partial charge in [-0.15, -0.1) is 0 Å². The van der Waals surface area contributed by atoms with Gasteiger partial charge in [0.2, 0.25) is 5.91 Å². The molecule has 5 nitrogen and oxygen atoms in total. The van der Waals surface area contributed by atoms with Crippen LogP contribution in [-0.2, 0) is 4.79 Å². The monoisotopic (exact) mass is 253 g/mol. The molecular formula is C13H23N3O2. The van der Waals surface area contributed by atoms with Crippen molar-refractivity contribution in [2.45, 2.75) is 53.1 Å². The number of hydrogen-bond donors (Lipinski definition) is 2. The van der Waals surface area contributed by atoms with Crippen molar-refractivity contribution in [2.75, 3.05) is 6.54 Å². The molecule has 0 saturated heterocycles. The van der Waals surface area contributed by atoms with E-state index in [1.165, 1.54) is 0 Å². The summed E-state index contributed by atoms with van der Waals surface area (Å²) in [6.07, 6.45) is 0.478. The van der Waals surface area contributed by atoms with Crippen LogP contribution in [0.1, 0.15) is 50.3 Å². The smallest absolute Gasteiger partial charge is 0.221 e. The van der Waals surface area contributed by atoms with Crippen LogP contribution in [0.5, 0.6) is 0 Å². The second-order valence-corrected chi connectivity index (χ2v) is 4.89. The topological polar surface area (TPSA) is 67.2 Å². The molecular weight excluding hydrogens is 230 g/mol. The highest BCUT2D eigenvalue weighted by Gasteiger charge is 2.17. The summed E-state index contributed by atoms with van der Waals surface area (Å²) in [4.78, 5) is 11.8. The van der Waals surface area contributed by atoms with Crippen molar-refractivity contribution in [3.05, 3.63) is 17.0 Å². The summed E-state index contributed by atoms with van der Waals surface area (Å²) in [7, 11) is 0. The summed E-state index contributed by atoms with van der Waals surface area (Å²) in [6.45, 7) is 10.5. The molecule has 0 fully saturated rings. The molecule has 0 aliphatic heterocycles. The number of nitrogens with zero attached hydrogens (tertiary/aromatic N) is 1. The van der Waals surface area contributed by atoms with Crippen molar-refractivity contribution in [1.29, 1.82) is 0 Å². The highest BCUT2D eigenvalue weighted by Crippen LogP contribution is 2.20. The maximum absolute atomic E-state index is 11.8. The highest BCUT2D eigenvalue weighted by atomic mass is 16.5. The molecule has 18 heavy (non-hydrogen) atoms. The van der Waals surface area contributed by atoms with Gasteiger partial charge in [0, 0.05) is 24.6 Å². The van der Waals surface area contributed by atoms with E-state index in [1.54, 1.807) is 0 Å². The lowest BCUT2D eigenvalue weighted by molar-refractivity contribution is -0.121. The number of carbonyl (C=O) groups excluding carboxylic acids is 1. The molecule has 0 aliphatic carbocycles. The van der Waals surface area contributed by atoms with Crippen LogP contribution in [0, 0.1) is 13.8 Å². The minimum atomic E-state index is -0.0669. The summed E-state index contributed by atoms with van der Waals surface area (Å²) in [5, 5.41) is 10.1. The Morgan fingerprint density at radius 2 is 2.00 bits per heavy atom. The third-order valence-electron chi connectivity index (χ3n) is 2.80. The SMILES string of the molecule is Cc1noc(C)c1C(C)NC(=O)CCNC(C)C. The van der Waals surface area contributed by atoms with Gasteiger partial charge in [0.25, 0.3) is 0 Å². The Kier molecular flexibility index (Phi) is 5.34. The zero-order valence-electron chi connectivity index (χ0n) is 11.8. The van der Waals surface area contributed by atoms with E-state index in [2.05, 4.69) is 29.6 Å². The Balaban J connectivity index is 2.45. The van der Waals surface area contributed by atoms with Gasteiger partial charge in [-0.05, 0) is 20.8 Å². The number of rotatable bonds is 6. The molecule has 1 rings (SSSR count). The minimum Gasteiger partial charge on any atom is -0.361 e. The van der Waals surface area contributed by atoms with Gasteiger partial charge < -0.3 is 15.2 Å². The van der Waals surface area contributed by atoms with Crippen LogP contribution in [-0.4, -0.2) is 23.7 Å². The lowest BCUT2D eigenvalue weighted by Gasteiger charge is -2.14. The average Bonchev–Trinajstić information content (AvgIpc) is 2.57. The summed E-state index contributed by atoms with van der Waals surface area (Å²) in [5.74, 6) is 0.802. The van der Waals surface area contributed by atoms with Gasteiger partial charge in [-0.1, -0.05) is 19.0 Å². The molecule has 0 saturated carbocycles. The van der Waals surface area contributed by atoms with E-state index in [-0.39, 0.29) is 11.9 Å². The van der Waals surface area contributed by atoms with Crippen molar-refractivity contribution < 1.29 is 9.32 Å². The molecule has 0 spiro atoms. The fourth-order valence-electron chi connectivity index (χ4n) is 1.97. The molecule has 1 amide bonds. The fourth-order valence-corrected chi connectivity index (χ4v) is 1.97. The molecule has 1 atom stereocenters. The Morgan fingerprint density at radius 3 is 2.50 bits per heavy atom. The number of aryl methyl sites for hydroxylation is 2. The molecule has 0 aliphatic rings.